The van der Waals surface area contributed by atoms with Gasteiger partial charge in [-0.05, 0) is 17.2 Å². The number of nitrogens with zero attached hydrogens (tertiary/aromatic N) is 3. The van der Waals surface area contributed by atoms with E-state index in [0.29, 0.717) is 22.9 Å². The Bertz CT molecular complexity index is 1120. The number of carbonyl (C=O) groups is 2. The maximum absolute atomic E-state index is 13.2. The van der Waals surface area contributed by atoms with Crippen LogP contribution in [0.25, 0.3) is 10.9 Å². The predicted octanol–water partition coefficient (Wildman–Crippen LogP) is 2.53. The normalized spacial score (nSPS) is 19.5. The summed E-state index contributed by atoms with van der Waals surface area (Å²) in [5.41, 5.74) is 2.24. The van der Waals surface area contributed by atoms with Crippen molar-refractivity contribution in [2.75, 3.05) is 14.1 Å². The Labute approximate surface area is 173 Å². The fourth-order valence-electron chi connectivity index (χ4n) is 4.15. The van der Waals surface area contributed by atoms with Gasteiger partial charge < -0.3 is 14.8 Å². The number of nitro groups is 1. The Morgan fingerprint density at radius 3 is 2.20 bits per heavy atom. The van der Waals surface area contributed by atoms with E-state index in [1.165, 1.54) is 15.9 Å². The second kappa shape index (κ2) is 7.62. The second-order valence-corrected chi connectivity index (χ2v) is 7.59. The molecule has 1 aromatic heterocycles. The first-order chi connectivity index (χ1) is 14.4. The van der Waals surface area contributed by atoms with Gasteiger partial charge in [-0.2, -0.15) is 0 Å². The van der Waals surface area contributed by atoms with Crippen LogP contribution in [0.4, 0.5) is 5.69 Å². The van der Waals surface area contributed by atoms with E-state index in [1.807, 2.05) is 30.3 Å². The number of carbonyl (C=O) groups excluding carboxylic acids is 2. The number of nitrogens with one attached hydrogen (secondary N) is 1. The van der Waals surface area contributed by atoms with Gasteiger partial charge in [0, 0.05) is 39.2 Å². The lowest BCUT2D eigenvalue weighted by Gasteiger charge is -2.42. The van der Waals surface area contributed by atoms with Crippen LogP contribution in [0.3, 0.4) is 0 Å². The fraction of sp³-hybridized carbons (Fsp3) is 0.273. The number of piperazine rings is 1. The van der Waals surface area contributed by atoms with E-state index in [9.17, 15) is 19.7 Å². The monoisotopic (exact) mass is 406 g/mol. The molecular weight excluding hydrogens is 384 g/mol. The molecule has 0 radical (unpaired) electrons. The maximum atomic E-state index is 13.2. The molecule has 2 aromatic carbocycles. The first-order valence-electron chi connectivity index (χ1n) is 9.69. The number of amides is 2. The molecule has 2 heterocycles. The zero-order chi connectivity index (χ0) is 21.4. The van der Waals surface area contributed by atoms with Gasteiger partial charge in [0.05, 0.1) is 15.8 Å². The summed E-state index contributed by atoms with van der Waals surface area (Å²) in [4.78, 5) is 43.3. The molecule has 2 unspecified atom stereocenters. The summed E-state index contributed by atoms with van der Waals surface area (Å²) in [6.45, 7) is 0. The van der Waals surface area contributed by atoms with E-state index in [2.05, 4.69) is 4.98 Å². The molecule has 4 rings (SSSR count). The molecule has 0 saturated carbocycles. The smallest absolute Gasteiger partial charge is 0.279 e. The van der Waals surface area contributed by atoms with Crippen molar-refractivity contribution < 1.29 is 14.5 Å². The van der Waals surface area contributed by atoms with Crippen LogP contribution in [0.2, 0.25) is 0 Å². The van der Waals surface area contributed by atoms with Gasteiger partial charge in [-0.15, -0.1) is 0 Å². The number of benzene rings is 2. The van der Waals surface area contributed by atoms with Gasteiger partial charge in [-0.1, -0.05) is 36.4 Å². The molecule has 0 aliphatic carbocycles. The summed E-state index contributed by atoms with van der Waals surface area (Å²) < 4.78 is 0. The Balaban J connectivity index is 1.62. The van der Waals surface area contributed by atoms with Crippen molar-refractivity contribution in [1.82, 2.24) is 14.8 Å². The zero-order valence-corrected chi connectivity index (χ0v) is 16.7. The van der Waals surface area contributed by atoms with Crippen molar-refractivity contribution in [2.24, 2.45) is 0 Å². The number of hydrogen-bond acceptors (Lipinski definition) is 4. The standard InChI is InChI=1S/C22H22N4O4/c1-24-18(11-14-7-4-3-5-8-14)21(27)25(2)19(22(24)28)12-15-13-23-16-9-6-10-17(20(15)16)26(29)30/h3-10,13,18-19,23H,11-12H2,1-2H3. The molecule has 8 heteroatoms. The molecule has 1 N–H and O–H groups in total. The number of nitro benzene ring substituents is 1. The molecule has 0 bridgehead atoms. The van der Waals surface area contributed by atoms with Gasteiger partial charge in [0.15, 0.2) is 0 Å². The molecule has 2 amide bonds. The van der Waals surface area contributed by atoms with Crippen LogP contribution >= 0.6 is 0 Å². The van der Waals surface area contributed by atoms with E-state index in [1.54, 1.807) is 32.4 Å². The molecule has 154 valence electrons. The quantitative estimate of drug-likeness (QED) is 0.520. The Hall–Kier alpha value is -3.68. The van der Waals surface area contributed by atoms with E-state index in [-0.39, 0.29) is 23.9 Å². The highest BCUT2D eigenvalue weighted by Gasteiger charge is 2.42. The molecule has 30 heavy (non-hydrogen) atoms. The number of aromatic nitrogens is 1. The van der Waals surface area contributed by atoms with Crippen molar-refractivity contribution in [1.29, 1.82) is 0 Å². The summed E-state index contributed by atoms with van der Waals surface area (Å²) in [6, 6.07) is 13.1. The Morgan fingerprint density at radius 1 is 0.933 bits per heavy atom. The average molecular weight is 406 g/mol. The maximum Gasteiger partial charge on any atom is 0.279 e. The SMILES string of the molecule is CN1C(=O)C(Cc2c[nH]c3cccc([N+](=O)[O-])c23)N(C)C(=O)C1Cc1ccccc1. The van der Waals surface area contributed by atoms with Crippen molar-refractivity contribution in [3.05, 3.63) is 76.0 Å². The third-order valence-electron chi connectivity index (χ3n) is 5.85. The number of non-ortho nitro benzene ring substituents is 1. The van der Waals surface area contributed by atoms with Gasteiger partial charge in [-0.25, -0.2) is 0 Å². The van der Waals surface area contributed by atoms with Gasteiger partial charge in [0.1, 0.15) is 12.1 Å². The van der Waals surface area contributed by atoms with Crippen LogP contribution in [-0.2, 0) is 22.4 Å². The van der Waals surface area contributed by atoms with Crippen molar-refractivity contribution in [2.45, 2.75) is 24.9 Å². The number of H-pyrrole nitrogens is 1. The fourth-order valence-corrected chi connectivity index (χ4v) is 4.15. The van der Waals surface area contributed by atoms with Crippen molar-refractivity contribution in [3.63, 3.8) is 0 Å². The van der Waals surface area contributed by atoms with Gasteiger partial charge >= 0.3 is 0 Å². The highest BCUT2D eigenvalue weighted by atomic mass is 16.6. The molecule has 1 fully saturated rings. The summed E-state index contributed by atoms with van der Waals surface area (Å²) >= 11 is 0. The molecule has 1 aliphatic rings. The number of rotatable bonds is 5. The molecule has 0 spiro atoms. The second-order valence-electron chi connectivity index (χ2n) is 7.59. The van der Waals surface area contributed by atoms with E-state index < -0.39 is 17.0 Å². The van der Waals surface area contributed by atoms with Crippen molar-refractivity contribution >= 4 is 28.4 Å². The number of likely N-dealkylation sites (N-methyl/N-ethyl adjacent to an activating group) is 2. The lowest BCUT2D eigenvalue weighted by atomic mass is 9.95. The summed E-state index contributed by atoms with van der Waals surface area (Å²) in [6.07, 6.45) is 2.32. The van der Waals surface area contributed by atoms with Crippen LogP contribution in [0.5, 0.6) is 0 Å². The minimum atomic E-state index is -0.715. The molecule has 8 nitrogen and oxygen atoms in total. The Kier molecular flexibility index (Phi) is 4.99. The summed E-state index contributed by atoms with van der Waals surface area (Å²) in [7, 11) is 3.27. The summed E-state index contributed by atoms with van der Waals surface area (Å²) in [5.74, 6) is -0.314. The van der Waals surface area contributed by atoms with Crippen LogP contribution in [0, 0.1) is 10.1 Å². The molecule has 2 atom stereocenters. The minimum Gasteiger partial charge on any atom is -0.361 e. The first kappa shape index (κ1) is 19.6. The van der Waals surface area contributed by atoms with E-state index in [4.69, 9.17) is 0 Å². The third kappa shape index (κ3) is 3.30. The lowest BCUT2D eigenvalue weighted by molar-refractivity contribution is -0.383. The number of hydrogen-bond donors (Lipinski definition) is 1. The van der Waals surface area contributed by atoms with Crippen LogP contribution < -0.4 is 0 Å². The summed E-state index contributed by atoms with van der Waals surface area (Å²) in [5, 5.41) is 11.9. The lowest BCUT2D eigenvalue weighted by Crippen LogP contribution is -2.63. The zero-order valence-electron chi connectivity index (χ0n) is 16.7. The predicted molar refractivity (Wildman–Crippen MR) is 112 cm³/mol. The topological polar surface area (TPSA) is 99.5 Å². The molecular formula is C22H22N4O4. The largest absolute Gasteiger partial charge is 0.361 e. The highest BCUT2D eigenvalue weighted by molar-refractivity contribution is 5.98. The average Bonchev–Trinajstić information content (AvgIpc) is 3.16. The molecule has 3 aromatic rings. The number of fused-ring (bicyclic) bond motifs is 1. The minimum absolute atomic E-state index is 0.0173. The van der Waals surface area contributed by atoms with Gasteiger partial charge in [0.25, 0.3) is 5.69 Å². The number of aromatic amines is 1. The Morgan fingerprint density at radius 2 is 1.57 bits per heavy atom. The van der Waals surface area contributed by atoms with Crippen molar-refractivity contribution in [3.8, 4) is 0 Å². The molecule has 1 aliphatic heterocycles. The first-order valence-corrected chi connectivity index (χ1v) is 9.69. The van der Waals surface area contributed by atoms with E-state index >= 15 is 0 Å². The van der Waals surface area contributed by atoms with Crippen LogP contribution in [-0.4, -0.2) is 57.7 Å². The van der Waals surface area contributed by atoms with Crippen LogP contribution in [0.15, 0.2) is 54.7 Å². The van der Waals surface area contributed by atoms with E-state index in [0.717, 1.165) is 5.56 Å². The third-order valence-corrected chi connectivity index (χ3v) is 5.85. The van der Waals surface area contributed by atoms with Crippen LogP contribution in [0.1, 0.15) is 11.1 Å². The van der Waals surface area contributed by atoms with Gasteiger partial charge in [-0.3, -0.25) is 19.7 Å². The highest BCUT2D eigenvalue weighted by Crippen LogP contribution is 2.31. The molecule has 1 saturated heterocycles. The van der Waals surface area contributed by atoms with Gasteiger partial charge in [0.2, 0.25) is 11.8 Å².